The van der Waals surface area contributed by atoms with E-state index in [2.05, 4.69) is 40.5 Å². The van der Waals surface area contributed by atoms with Crippen LogP contribution in [0.2, 0.25) is 0 Å². The van der Waals surface area contributed by atoms with Crippen molar-refractivity contribution in [2.24, 2.45) is 0 Å². The SMILES string of the molecule is COc1cc(C(C)C)ccc1-c1nn[nH]n1. The Morgan fingerprint density at radius 1 is 1.31 bits per heavy atom. The van der Waals surface area contributed by atoms with Gasteiger partial charge in [0.2, 0.25) is 5.82 Å². The molecule has 0 amide bonds. The van der Waals surface area contributed by atoms with Gasteiger partial charge in [0.1, 0.15) is 5.75 Å². The highest BCUT2D eigenvalue weighted by Crippen LogP contribution is 2.30. The molecule has 84 valence electrons. The third kappa shape index (κ3) is 1.88. The summed E-state index contributed by atoms with van der Waals surface area (Å²) < 4.78 is 5.34. The summed E-state index contributed by atoms with van der Waals surface area (Å²) in [5.41, 5.74) is 2.07. The molecular formula is C11H14N4O. The van der Waals surface area contributed by atoms with Gasteiger partial charge in [0.05, 0.1) is 12.7 Å². The van der Waals surface area contributed by atoms with Gasteiger partial charge in [-0.3, -0.25) is 0 Å². The van der Waals surface area contributed by atoms with Crippen LogP contribution in [0.5, 0.6) is 5.75 Å². The molecule has 0 aliphatic rings. The first kappa shape index (κ1) is 10.6. The molecule has 5 heteroatoms. The van der Waals surface area contributed by atoms with Crippen molar-refractivity contribution in [1.82, 2.24) is 20.6 Å². The summed E-state index contributed by atoms with van der Waals surface area (Å²) in [4.78, 5) is 0. The van der Waals surface area contributed by atoms with Crippen LogP contribution in [-0.4, -0.2) is 27.7 Å². The molecule has 2 aromatic rings. The number of tetrazole rings is 1. The third-order valence-electron chi connectivity index (χ3n) is 2.48. The Labute approximate surface area is 93.8 Å². The fourth-order valence-corrected chi connectivity index (χ4v) is 1.53. The number of benzene rings is 1. The zero-order valence-corrected chi connectivity index (χ0v) is 9.56. The first-order valence-electron chi connectivity index (χ1n) is 5.14. The third-order valence-corrected chi connectivity index (χ3v) is 2.48. The molecule has 16 heavy (non-hydrogen) atoms. The number of hydrogen-bond donors (Lipinski definition) is 1. The number of hydrogen-bond acceptors (Lipinski definition) is 4. The standard InChI is InChI=1S/C11H14N4O/c1-7(2)8-4-5-9(10(6-8)16-3)11-12-14-15-13-11/h4-7H,1-3H3,(H,12,13,14,15). The lowest BCUT2D eigenvalue weighted by Crippen LogP contribution is -1.93. The Bertz CT molecular complexity index is 465. The van der Waals surface area contributed by atoms with Gasteiger partial charge < -0.3 is 4.74 Å². The molecule has 1 heterocycles. The van der Waals surface area contributed by atoms with Gasteiger partial charge in [0, 0.05) is 0 Å². The van der Waals surface area contributed by atoms with E-state index in [1.807, 2.05) is 12.1 Å². The van der Waals surface area contributed by atoms with Gasteiger partial charge in [-0.1, -0.05) is 19.9 Å². The minimum atomic E-state index is 0.466. The second kappa shape index (κ2) is 4.30. The lowest BCUT2D eigenvalue weighted by atomic mass is 10.0. The first-order chi connectivity index (χ1) is 7.72. The molecule has 0 aliphatic carbocycles. The van der Waals surface area contributed by atoms with E-state index < -0.39 is 0 Å². The molecule has 0 unspecified atom stereocenters. The summed E-state index contributed by atoms with van der Waals surface area (Å²) in [6.07, 6.45) is 0. The molecule has 0 fully saturated rings. The average Bonchev–Trinajstić information content (AvgIpc) is 2.81. The van der Waals surface area contributed by atoms with E-state index in [4.69, 9.17) is 4.74 Å². The summed E-state index contributed by atoms with van der Waals surface area (Å²) in [5.74, 6) is 1.79. The second-order valence-electron chi connectivity index (χ2n) is 3.85. The number of aromatic amines is 1. The molecule has 2 rings (SSSR count). The number of ether oxygens (including phenoxy) is 1. The second-order valence-corrected chi connectivity index (χ2v) is 3.85. The van der Waals surface area contributed by atoms with Crippen molar-refractivity contribution < 1.29 is 4.74 Å². The van der Waals surface area contributed by atoms with Crippen molar-refractivity contribution in [3.8, 4) is 17.1 Å². The van der Waals surface area contributed by atoms with Gasteiger partial charge >= 0.3 is 0 Å². The normalized spacial score (nSPS) is 10.8. The maximum atomic E-state index is 5.34. The van der Waals surface area contributed by atoms with Crippen LogP contribution in [0.25, 0.3) is 11.4 Å². The predicted molar refractivity (Wildman–Crippen MR) is 60.3 cm³/mol. The summed E-state index contributed by atoms with van der Waals surface area (Å²) >= 11 is 0. The van der Waals surface area contributed by atoms with Crippen LogP contribution in [0.1, 0.15) is 25.3 Å². The number of H-pyrrole nitrogens is 1. The molecule has 1 aromatic carbocycles. The molecule has 1 aromatic heterocycles. The Morgan fingerprint density at radius 3 is 2.69 bits per heavy atom. The Balaban J connectivity index is 2.47. The molecule has 1 N–H and O–H groups in total. The maximum Gasteiger partial charge on any atom is 0.208 e. The molecule has 0 aliphatic heterocycles. The van der Waals surface area contributed by atoms with E-state index >= 15 is 0 Å². The summed E-state index contributed by atoms with van der Waals surface area (Å²) in [5, 5.41) is 13.9. The Hall–Kier alpha value is -1.91. The summed E-state index contributed by atoms with van der Waals surface area (Å²) in [7, 11) is 1.64. The molecule has 0 atom stereocenters. The average molecular weight is 218 g/mol. The van der Waals surface area contributed by atoms with Crippen LogP contribution in [0, 0.1) is 0 Å². The van der Waals surface area contributed by atoms with Crippen molar-refractivity contribution in [3.05, 3.63) is 23.8 Å². The minimum Gasteiger partial charge on any atom is -0.496 e. The van der Waals surface area contributed by atoms with Crippen LogP contribution in [-0.2, 0) is 0 Å². The number of rotatable bonds is 3. The molecule has 0 bridgehead atoms. The molecule has 5 nitrogen and oxygen atoms in total. The van der Waals surface area contributed by atoms with Gasteiger partial charge in [-0.05, 0) is 28.8 Å². The van der Waals surface area contributed by atoms with Crippen LogP contribution in [0.15, 0.2) is 18.2 Å². The molecular weight excluding hydrogens is 204 g/mol. The fraction of sp³-hybridized carbons (Fsp3) is 0.364. The van der Waals surface area contributed by atoms with Crippen molar-refractivity contribution in [2.75, 3.05) is 7.11 Å². The van der Waals surface area contributed by atoms with Crippen molar-refractivity contribution in [2.45, 2.75) is 19.8 Å². The van der Waals surface area contributed by atoms with E-state index in [9.17, 15) is 0 Å². The molecule has 0 spiro atoms. The van der Waals surface area contributed by atoms with Crippen LogP contribution >= 0.6 is 0 Å². The van der Waals surface area contributed by atoms with E-state index in [1.165, 1.54) is 5.56 Å². The fourth-order valence-electron chi connectivity index (χ4n) is 1.53. The van der Waals surface area contributed by atoms with E-state index in [-0.39, 0.29) is 0 Å². The number of aromatic nitrogens is 4. The highest BCUT2D eigenvalue weighted by Gasteiger charge is 2.11. The largest absolute Gasteiger partial charge is 0.496 e. The van der Waals surface area contributed by atoms with Gasteiger partial charge in [-0.25, -0.2) is 0 Å². The first-order valence-corrected chi connectivity index (χ1v) is 5.14. The van der Waals surface area contributed by atoms with Crippen LogP contribution in [0.3, 0.4) is 0 Å². The van der Waals surface area contributed by atoms with Crippen LogP contribution in [0.4, 0.5) is 0 Å². The van der Waals surface area contributed by atoms with Gasteiger partial charge in [-0.2, -0.15) is 5.21 Å². The smallest absolute Gasteiger partial charge is 0.208 e. The van der Waals surface area contributed by atoms with E-state index in [0.29, 0.717) is 11.7 Å². The number of nitrogens with one attached hydrogen (secondary N) is 1. The molecule has 0 radical (unpaired) electrons. The highest BCUT2D eigenvalue weighted by molar-refractivity contribution is 5.64. The zero-order chi connectivity index (χ0) is 11.5. The van der Waals surface area contributed by atoms with Gasteiger partial charge in [0.25, 0.3) is 0 Å². The number of nitrogens with zero attached hydrogens (tertiary/aromatic N) is 3. The maximum absolute atomic E-state index is 5.34. The van der Waals surface area contributed by atoms with E-state index in [1.54, 1.807) is 7.11 Å². The van der Waals surface area contributed by atoms with E-state index in [0.717, 1.165) is 11.3 Å². The summed E-state index contributed by atoms with van der Waals surface area (Å²) in [6, 6.07) is 6.02. The quantitative estimate of drug-likeness (QED) is 0.855. The monoisotopic (exact) mass is 218 g/mol. The topological polar surface area (TPSA) is 63.7 Å². The van der Waals surface area contributed by atoms with Crippen molar-refractivity contribution in [1.29, 1.82) is 0 Å². The van der Waals surface area contributed by atoms with Gasteiger partial charge in [0.15, 0.2) is 0 Å². The van der Waals surface area contributed by atoms with Crippen molar-refractivity contribution >= 4 is 0 Å². The molecule has 0 saturated heterocycles. The Morgan fingerprint density at radius 2 is 2.12 bits per heavy atom. The van der Waals surface area contributed by atoms with Crippen LogP contribution < -0.4 is 4.74 Å². The Kier molecular flexibility index (Phi) is 2.85. The highest BCUT2D eigenvalue weighted by atomic mass is 16.5. The van der Waals surface area contributed by atoms with Crippen molar-refractivity contribution in [3.63, 3.8) is 0 Å². The predicted octanol–water partition coefficient (Wildman–Crippen LogP) is 2.00. The molecule has 0 saturated carbocycles. The number of methoxy groups -OCH3 is 1. The minimum absolute atomic E-state index is 0.466. The summed E-state index contributed by atoms with van der Waals surface area (Å²) in [6.45, 7) is 4.28. The zero-order valence-electron chi connectivity index (χ0n) is 9.56. The lowest BCUT2D eigenvalue weighted by molar-refractivity contribution is 0.415. The lowest BCUT2D eigenvalue weighted by Gasteiger charge is -2.10. The van der Waals surface area contributed by atoms with Gasteiger partial charge in [-0.15, -0.1) is 10.2 Å².